The average molecular weight is 269 g/mol. The van der Waals surface area contributed by atoms with Gasteiger partial charge >= 0.3 is 0 Å². The van der Waals surface area contributed by atoms with Crippen LogP contribution in [0.2, 0.25) is 0 Å². The van der Waals surface area contributed by atoms with Crippen LogP contribution in [0.3, 0.4) is 0 Å². The Labute approximate surface area is 114 Å². The lowest BCUT2D eigenvalue weighted by Crippen LogP contribution is -2.07. The summed E-state index contributed by atoms with van der Waals surface area (Å²) < 4.78 is 15.6. The molecule has 1 aromatic heterocycles. The molecule has 0 unspecified atom stereocenters. The van der Waals surface area contributed by atoms with E-state index in [1.807, 2.05) is 6.92 Å². The predicted molar refractivity (Wildman–Crippen MR) is 73.6 cm³/mol. The molecule has 0 aliphatic carbocycles. The molecule has 1 N–H and O–H groups in total. The standard InChI is InChI=1S/C13H23N3O3/c1-3-19-13-10-12(15-11-16-13)14-6-4-5-7-18-9-8-17-2/h10-11H,3-9H2,1-2H3,(H,14,15,16). The van der Waals surface area contributed by atoms with E-state index in [1.54, 1.807) is 13.2 Å². The maximum absolute atomic E-state index is 5.38. The molecule has 0 aliphatic rings. The molecule has 108 valence electrons. The highest BCUT2D eigenvalue weighted by atomic mass is 16.5. The van der Waals surface area contributed by atoms with Crippen LogP contribution in [0.25, 0.3) is 0 Å². The summed E-state index contributed by atoms with van der Waals surface area (Å²) in [6.07, 6.45) is 3.54. The molecule has 0 bridgehead atoms. The number of nitrogens with zero attached hydrogens (tertiary/aromatic N) is 2. The van der Waals surface area contributed by atoms with Crippen LogP contribution in [0.4, 0.5) is 5.82 Å². The first-order valence-electron chi connectivity index (χ1n) is 6.62. The Morgan fingerprint density at radius 2 is 2.05 bits per heavy atom. The van der Waals surface area contributed by atoms with Gasteiger partial charge in [0.05, 0.1) is 19.8 Å². The number of unbranched alkanes of at least 4 members (excludes halogenated alkanes) is 1. The van der Waals surface area contributed by atoms with Gasteiger partial charge in [0, 0.05) is 26.3 Å². The molecule has 0 fully saturated rings. The molecule has 1 rings (SSSR count). The zero-order chi connectivity index (χ0) is 13.8. The Balaban J connectivity index is 2.07. The van der Waals surface area contributed by atoms with Crippen molar-refractivity contribution in [1.29, 1.82) is 0 Å². The Morgan fingerprint density at radius 1 is 1.16 bits per heavy atom. The number of methoxy groups -OCH3 is 1. The quantitative estimate of drug-likeness (QED) is 0.617. The minimum atomic E-state index is 0.600. The zero-order valence-electron chi connectivity index (χ0n) is 11.7. The minimum Gasteiger partial charge on any atom is -0.478 e. The molecular weight excluding hydrogens is 246 g/mol. The van der Waals surface area contributed by atoms with Gasteiger partial charge in [-0.25, -0.2) is 9.97 Å². The van der Waals surface area contributed by atoms with Crippen molar-refractivity contribution in [3.05, 3.63) is 12.4 Å². The summed E-state index contributed by atoms with van der Waals surface area (Å²) in [5, 5.41) is 3.23. The van der Waals surface area contributed by atoms with Gasteiger partial charge in [-0.05, 0) is 19.8 Å². The Hall–Kier alpha value is -1.40. The van der Waals surface area contributed by atoms with Crippen molar-refractivity contribution in [3.8, 4) is 5.88 Å². The van der Waals surface area contributed by atoms with E-state index in [9.17, 15) is 0 Å². The number of hydrogen-bond acceptors (Lipinski definition) is 6. The van der Waals surface area contributed by atoms with Gasteiger partial charge in [-0.1, -0.05) is 0 Å². The van der Waals surface area contributed by atoms with E-state index < -0.39 is 0 Å². The van der Waals surface area contributed by atoms with Gasteiger partial charge in [-0.15, -0.1) is 0 Å². The highest BCUT2D eigenvalue weighted by Crippen LogP contribution is 2.10. The molecule has 0 amide bonds. The molecule has 1 aromatic rings. The van der Waals surface area contributed by atoms with Gasteiger partial charge < -0.3 is 19.5 Å². The Bertz CT molecular complexity index is 337. The van der Waals surface area contributed by atoms with Crippen molar-refractivity contribution >= 4 is 5.82 Å². The summed E-state index contributed by atoms with van der Waals surface area (Å²) in [6, 6.07) is 1.80. The fourth-order valence-electron chi connectivity index (χ4n) is 1.45. The normalized spacial score (nSPS) is 10.4. The predicted octanol–water partition coefficient (Wildman–Crippen LogP) is 1.73. The zero-order valence-corrected chi connectivity index (χ0v) is 11.7. The van der Waals surface area contributed by atoms with E-state index in [-0.39, 0.29) is 0 Å². The third-order valence-electron chi connectivity index (χ3n) is 2.39. The number of anilines is 1. The van der Waals surface area contributed by atoms with E-state index in [4.69, 9.17) is 14.2 Å². The van der Waals surface area contributed by atoms with Crippen LogP contribution in [0, 0.1) is 0 Å². The molecule has 0 aromatic carbocycles. The maximum Gasteiger partial charge on any atom is 0.218 e. The lowest BCUT2D eigenvalue weighted by atomic mass is 10.3. The highest BCUT2D eigenvalue weighted by molar-refractivity contribution is 5.36. The van der Waals surface area contributed by atoms with Gasteiger partial charge in [-0.3, -0.25) is 0 Å². The second-order valence-corrected chi connectivity index (χ2v) is 3.91. The lowest BCUT2D eigenvalue weighted by molar-refractivity contribution is 0.0691. The Morgan fingerprint density at radius 3 is 2.84 bits per heavy atom. The molecule has 0 saturated heterocycles. The fourth-order valence-corrected chi connectivity index (χ4v) is 1.45. The monoisotopic (exact) mass is 269 g/mol. The van der Waals surface area contributed by atoms with E-state index >= 15 is 0 Å². The van der Waals surface area contributed by atoms with Crippen LogP contribution in [0.15, 0.2) is 12.4 Å². The summed E-state index contributed by atoms with van der Waals surface area (Å²) in [7, 11) is 1.67. The van der Waals surface area contributed by atoms with E-state index in [2.05, 4.69) is 15.3 Å². The van der Waals surface area contributed by atoms with Gasteiger partial charge in [0.1, 0.15) is 12.1 Å². The van der Waals surface area contributed by atoms with E-state index in [1.165, 1.54) is 6.33 Å². The molecular formula is C13H23N3O3. The first-order chi connectivity index (χ1) is 9.36. The summed E-state index contributed by atoms with van der Waals surface area (Å²) in [4.78, 5) is 8.14. The maximum atomic E-state index is 5.38. The van der Waals surface area contributed by atoms with Crippen molar-refractivity contribution in [2.24, 2.45) is 0 Å². The summed E-state index contributed by atoms with van der Waals surface area (Å²) in [5.41, 5.74) is 0. The number of rotatable bonds is 11. The van der Waals surface area contributed by atoms with Crippen LogP contribution in [0.1, 0.15) is 19.8 Å². The first-order valence-corrected chi connectivity index (χ1v) is 6.62. The molecule has 6 nitrogen and oxygen atoms in total. The largest absolute Gasteiger partial charge is 0.478 e. The van der Waals surface area contributed by atoms with Gasteiger partial charge in [0.15, 0.2) is 0 Å². The molecule has 6 heteroatoms. The molecule has 0 atom stereocenters. The molecule has 0 spiro atoms. The summed E-state index contributed by atoms with van der Waals surface area (Å²) in [6.45, 7) is 5.47. The van der Waals surface area contributed by atoms with Crippen LogP contribution in [-0.2, 0) is 9.47 Å². The fraction of sp³-hybridized carbons (Fsp3) is 0.692. The molecule has 0 aliphatic heterocycles. The third kappa shape index (κ3) is 7.58. The first kappa shape index (κ1) is 15.7. The topological polar surface area (TPSA) is 65.5 Å². The van der Waals surface area contributed by atoms with Crippen LogP contribution < -0.4 is 10.1 Å². The van der Waals surface area contributed by atoms with Gasteiger partial charge in [0.25, 0.3) is 0 Å². The highest BCUT2D eigenvalue weighted by Gasteiger charge is 1.98. The number of aromatic nitrogens is 2. The molecule has 1 heterocycles. The minimum absolute atomic E-state index is 0.600. The number of nitrogens with one attached hydrogen (secondary N) is 1. The number of ether oxygens (including phenoxy) is 3. The number of hydrogen-bond donors (Lipinski definition) is 1. The van der Waals surface area contributed by atoms with Crippen molar-refractivity contribution in [1.82, 2.24) is 9.97 Å². The smallest absolute Gasteiger partial charge is 0.218 e. The van der Waals surface area contributed by atoms with Crippen molar-refractivity contribution in [2.45, 2.75) is 19.8 Å². The summed E-state index contributed by atoms with van der Waals surface area (Å²) in [5.74, 6) is 1.39. The van der Waals surface area contributed by atoms with Crippen LogP contribution in [0.5, 0.6) is 5.88 Å². The van der Waals surface area contributed by atoms with Crippen LogP contribution in [-0.4, -0.2) is 50.1 Å². The summed E-state index contributed by atoms with van der Waals surface area (Å²) >= 11 is 0. The molecule has 0 saturated carbocycles. The molecule has 0 radical (unpaired) electrons. The SMILES string of the molecule is CCOc1cc(NCCCCOCCOC)ncn1. The second-order valence-electron chi connectivity index (χ2n) is 3.91. The Kier molecular flexibility index (Phi) is 8.67. The van der Waals surface area contributed by atoms with Crippen molar-refractivity contribution in [3.63, 3.8) is 0 Å². The van der Waals surface area contributed by atoms with E-state index in [0.29, 0.717) is 25.7 Å². The molecule has 19 heavy (non-hydrogen) atoms. The third-order valence-corrected chi connectivity index (χ3v) is 2.39. The average Bonchev–Trinajstić information content (AvgIpc) is 2.43. The lowest BCUT2D eigenvalue weighted by Gasteiger charge is -2.07. The van der Waals surface area contributed by atoms with Gasteiger partial charge in [0.2, 0.25) is 5.88 Å². The van der Waals surface area contributed by atoms with Crippen LogP contribution >= 0.6 is 0 Å². The van der Waals surface area contributed by atoms with E-state index in [0.717, 1.165) is 31.8 Å². The second kappa shape index (κ2) is 10.5. The van der Waals surface area contributed by atoms with Crippen molar-refractivity contribution < 1.29 is 14.2 Å². The van der Waals surface area contributed by atoms with Gasteiger partial charge in [-0.2, -0.15) is 0 Å². The van der Waals surface area contributed by atoms with Crippen molar-refractivity contribution in [2.75, 3.05) is 45.4 Å².